The minimum absolute atomic E-state index is 0.201. The third-order valence-corrected chi connectivity index (χ3v) is 3.78. The second kappa shape index (κ2) is 7.15. The summed E-state index contributed by atoms with van der Waals surface area (Å²) in [6, 6.07) is 6.31. The molecule has 0 radical (unpaired) electrons. The van der Waals surface area contributed by atoms with E-state index in [1.165, 1.54) is 30.1 Å². The number of anilines is 1. The Morgan fingerprint density at radius 2 is 2.12 bits per heavy atom. The second-order valence-corrected chi connectivity index (χ2v) is 5.63. The maximum absolute atomic E-state index is 12.2. The molecule has 0 saturated carbocycles. The highest BCUT2D eigenvalue weighted by atomic mass is 35.5. The number of aromatic nitrogens is 1. The van der Waals surface area contributed by atoms with Crippen LogP contribution in [0.2, 0.25) is 5.02 Å². The van der Waals surface area contributed by atoms with Crippen molar-refractivity contribution < 1.29 is 14.1 Å². The molecule has 2 aromatic rings. The summed E-state index contributed by atoms with van der Waals surface area (Å²) in [4.78, 5) is 25.5. The maximum Gasteiger partial charge on any atom is 0.313 e. The van der Waals surface area contributed by atoms with E-state index >= 15 is 0 Å². The van der Waals surface area contributed by atoms with Gasteiger partial charge in [-0.1, -0.05) is 16.8 Å². The van der Waals surface area contributed by atoms with Crippen LogP contribution in [0.15, 0.2) is 22.7 Å². The van der Waals surface area contributed by atoms with Crippen LogP contribution in [0.4, 0.5) is 5.69 Å². The monoisotopic (exact) mass is 346 g/mol. The predicted molar refractivity (Wildman–Crippen MR) is 87.2 cm³/mol. The van der Waals surface area contributed by atoms with Crippen LogP contribution in [0.3, 0.4) is 0 Å². The van der Waals surface area contributed by atoms with Gasteiger partial charge < -0.3 is 14.7 Å². The number of nitrogens with zero attached hydrogens (tertiary/aromatic N) is 3. The van der Waals surface area contributed by atoms with Gasteiger partial charge in [0.2, 0.25) is 0 Å². The van der Waals surface area contributed by atoms with Gasteiger partial charge in [-0.3, -0.25) is 9.59 Å². The van der Waals surface area contributed by atoms with Crippen molar-refractivity contribution in [1.82, 2.24) is 10.1 Å². The Kier molecular flexibility index (Phi) is 5.21. The first-order chi connectivity index (χ1) is 11.3. The molecule has 0 unspecified atom stereocenters. The minimum Gasteiger partial charge on any atom is -0.361 e. The Balaban J connectivity index is 2.05. The van der Waals surface area contributed by atoms with Crippen LogP contribution in [0.25, 0.3) is 0 Å². The largest absolute Gasteiger partial charge is 0.361 e. The zero-order valence-corrected chi connectivity index (χ0v) is 14.1. The summed E-state index contributed by atoms with van der Waals surface area (Å²) in [5.74, 6) is -0.910. The first-order valence-corrected chi connectivity index (χ1v) is 7.39. The number of carbonyl (C=O) groups excluding carboxylic acids is 2. The van der Waals surface area contributed by atoms with Crippen molar-refractivity contribution in [1.29, 1.82) is 5.26 Å². The molecule has 0 fully saturated rings. The van der Waals surface area contributed by atoms with Gasteiger partial charge in [0.1, 0.15) is 11.8 Å². The molecule has 1 heterocycles. The number of nitrogens with one attached hydrogen (secondary N) is 1. The molecule has 0 aliphatic rings. The summed E-state index contributed by atoms with van der Waals surface area (Å²) >= 11 is 5.90. The summed E-state index contributed by atoms with van der Waals surface area (Å²) in [6.07, 6.45) is 0. The van der Waals surface area contributed by atoms with Crippen LogP contribution in [-0.2, 0) is 16.1 Å². The molecule has 8 heteroatoms. The first-order valence-electron chi connectivity index (χ1n) is 7.01. The molecule has 7 nitrogen and oxygen atoms in total. The fraction of sp³-hybridized carbons (Fsp3) is 0.250. The number of rotatable bonds is 3. The summed E-state index contributed by atoms with van der Waals surface area (Å²) < 4.78 is 5.04. The molecule has 0 aliphatic carbocycles. The molecule has 1 N–H and O–H groups in total. The predicted octanol–water partition coefficient (Wildman–Crippen LogP) is 2.41. The van der Waals surface area contributed by atoms with Crippen molar-refractivity contribution in [2.75, 3.05) is 12.4 Å². The third kappa shape index (κ3) is 3.73. The van der Waals surface area contributed by atoms with Gasteiger partial charge in [0.25, 0.3) is 0 Å². The smallest absolute Gasteiger partial charge is 0.313 e. The van der Waals surface area contributed by atoms with E-state index in [2.05, 4.69) is 10.5 Å². The van der Waals surface area contributed by atoms with Crippen LogP contribution in [0.1, 0.15) is 22.6 Å². The quantitative estimate of drug-likeness (QED) is 0.860. The van der Waals surface area contributed by atoms with Crippen molar-refractivity contribution in [2.45, 2.75) is 20.4 Å². The fourth-order valence-electron chi connectivity index (χ4n) is 2.08. The molecular formula is C16H15ClN4O3. The van der Waals surface area contributed by atoms with Crippen LogP contribution in [0.5, 0.6) is 0 Å². The normalized spacial score (nSPS) is 10.1. The number of aryl methyl sites for hydroxylation is 2. The van der Waals surface area contributed by atoms with Gasteiger partial charge in [-0.2, -0.15) is 5.26 Å². The highest BCUT2D eigenvalue weighted by Crippen LogP contribution is 2.20. The number of carbonyl (C=O) groups is 2. The van der Waals surface area contributed by atoms with Crippen LogP contribution < -0.4 is 5.32 Å². The van der Waals surface area contributed by atoms with Gasteiger partial charge in [-0.05, 0) is 32.0 Å². The average molecular weight is 347 g/mol. The molecular weight excluding hydrogens is 332 g/mol. The van der Waals surface area contributed by atoms with E-state index in [0.717, 1.165) is 5.56 Å². The molecule has 2 rings (SSSR count). The number of likely N-dealkylation sites (N-methyl/N-ethyl adjacent to an activating group) is 1. The lowest BCUT2D eigenvalue weighted by Gasteiger charge is -2.16. The van der Waals surface area contributed by atoms with E-state index in [1.54, 1.807) is 13.8 Å². The van der Waals surface area contributed by atoms with Crippen LogP contribution in [0, 0.1) is 25.2 Å². The van der Waals surface area contributed by atoms with Crippen molar-refractivity contribution in [3.63, 3.8) is 0 Å². The molecule has 0 atom stereocenters. The van der Waals surface area contributed by atoms with Gasteiger partial charge in [0.15, 0.2) is 0 Å². The Morgan fingerprint density at radius 3 is 2.67 bits per heavy atom. The fourth-order valence-corrected chi connectivity index (χ4v) is 2.30. The van der Waals surface area contributed by atoms with Gasteiger partial charge in [-0.25, -0.2) is 0 Å². The Morgan fingerprint density at radius 1 is 1.42 bits per heavy atom. The van der Waals surface area contributed by atoms with E-state index < -0.39 is 11.8 Å². The number of halogens is 1. The van der Waals surface area contributed by atoms with E-state index in [1.807, 2.05) is 6.07 Å². The van der Waals surface area contributed by atoms with E-state index in [-0.39, 0.29) is 17.1 Å². The molecule has 0 bridgehead atoms. The molecule has 0 saturated heterocycles. The summed E-state index contributed by atoms with van der Waals surface area (Å²) in [7, 11) is 1.51. The minimum atomic E-state index is -0.801. The third-order valence-electron chi connectivity index (χ3n) is 3.46. The lowest BCUT2D eigenvalue weighted by Crippen LogP contribution is -2.36. The summed E-state index contributed by atoms with van der Waals surface area (Å²) in [6.45, 7) is 3.72. The number of hydrogen-bond donors (Lipinski definition) is 1. The zero-order valence-electron chi connectivity index (χ0n) is 13.4. The molecule has 124 valence electrons. The topological polar surface area (TPSA) is 99.2 Å². The number of nitriles is 1. The van der Waals surface area contributed by atoms with Crippen molar-refractivity contribution in [2.24, 2.45) is 0 Å². The van der Waals surface area contributed by atoms with Crippen LogP contribution >= 0.6 is 11.6 Å². The van der Waals surface area contributed by atoms with Crippen molar-refractivity contribution in [3.05, 3.63) is 45.8 Å². The lowest BCUT2D eigenvalue weighted by molar-refractivity contribution is -0.142. The number of benzene rings is 1. The number of amides is 2. The highest BCUT2D eigenvalue weighted by Gasteiger charge is 2.21. The van der Waals surface area contributed by atoms with Gasteiger partial charge in [0, 0.05) is 18.3 Å². The highest BCUT2D eigenvalue weighted by molar-refractivity contribution is 6.39. The van der Waals surface area contributed by atoms with Crippen molar-refractivity contribution >= 4 is 29.1 Å². The van der Waals surface area contributed by atoms with Crippen molar-refractivity contribution in [3.8, 4) is 6.07 Å². The zero-order chi connectivity index (χ0) is 17.9. The molecule has 1 aromatic carbocycles. The second-order valence-electron chi connectivity index (χ2n) is 5.22. The number of hydrogen-bond acceptors (Lipinski definition) is 5. The standard InChI is InChI=1S/C16H15ClN4O3/c1-9-13(10(2)24-20-9)8-21(3)16(23)15(22)19-12-5-4-11(7-18)14(17)6-12/h4-6H,8H2,1-3H3,(H,19,22). The van der Waals surface area contributed by atoms with E-state index in [0.29, 0.717) is 17.1 Å². The molecule has 2 amide bonds. The SMILES string of the molecule is Cc1noc(C)c1CN(C)C(=O)C(=O)Nc1ccc(C#N)c(Cl)c1. The van der Waals surface area contributed by atoms with Crippen LogP contribution in [-0.4, -0.2) is 28.9 Å². The molecule has 0 spiro atoms. The average Bonchev–Trinajstić information content (AvgIpc) is 2.86. The molecule has 1 aromatic heterocycles. The Hall–Kier alpha value is -2.85. The van der Waals surface area contributed by atoms with E-state index in [4.69, 9.17) is 21.4 Å². The molecule has 0 aliphatic heterocycles. The van der Waals surface area contributed by atoms with Gasteiger partial charge >= 0.3 is 11.8 Å². The van der Waals surface area contributed by atoms with Gasteiger partial charge in [0.05, 0.1) is 22.8 Å². The first kappa shape index (κ1) is 17.5. The van der Waals surface area contributed by atoms with Gasteiger partial charge in [-0.15, -0.1) is 0 Å². The lowest BCUT2D eigenvalue weighted by atomic mass is 10.2. The van der Waals surface area contributed by atoms with E-state index in [9.17, 15) is 9.59 Å². The maximum atomic E-state index is 12.2. The molecule has 24 heavy (non-hydrogen) atoms. The summed E-state index contributed by atoms with van der Waals surface area (Å²) in [5.41, 5.74) is 2.06. The Bertz CT molecular complexity index is 819. The summed E-state index contributed by atoms with van der Waals surface area (Å²) in [5, 5.41) is 15.3. The Labute approximate surface area is 143 Å².